The number of halogens is 1. The van der Waals surface area contributed by atoms with Crippen molar-refractivity contribution in [2.75, 3.05) is 5.73 Å². The second-order valence-electron chi connectivity index (χ2n) is 6.66. The molecule has 0 aliphatic carbocycles. The van der Waals surface area contributed by atoms with Crippen molar-refractivity contribution in [3.8, 4) is 0 Å². The summed E-state index contributed by atoms with van der Waals surface area (Å²) in [5.74, 6) is -0.877. The van der Waals surface area contributed by atoms with Crippen molar-refractivity contribution >= 4 is 48.6 Å². The van der Waals surface area contributed by atoms with Crippen LogP contribution in [0.15, 0.2) is 47.4 Å². The molecular weight excluding hydrogens is 436 g/mol. The van der Waals surface area contributed by atoms with Gasteiger partial charge < -0.3 is 0 Å². The predicted octanol–water partition coefficient (Wildman–Crippen LogP) is 2.54. The average Bonchev–Trinajstić information content (AvgIpc) is 2.85. The molecule has 0 saturated heterocycles. The van der Waals surface area contributed by atoms with Crippen LogP contribution in [0.4, 0.5) is 10.1 Å². The molecule has 1 aromatic heterocycles. The number of rotatable bonds is 3. The Labute approximate surface area is 144 Å². The quantitative estimate of drug-likeness (QED) is 0.488. The first-order valence-corrected chi connectivity index (χ1v) is 18.8. The zero-order chi connectivity index (χ0) is 17.7. The molecule has 24 heavy (non-hydrogen) atoms. The van der Waals surface area contributed by atoms with Gasteiger partial charge >= 0.3 is 144 Å². The van der Waals surface area contributed by atoms with E-state index in [9.17, 15) is 12.8 Å². The Morgan fingerprint density at radius 2 is 1.75 bits per heavy atom. The van der Waals surface area contributed by atoms with Gasteiger partial charge in [-0.15, -0.1) is 0 Å². The number of aromatic nitrogens is 2. The molecule has 0 fully saturated rings. The molecule has 126 valence electrons. The first-order chi connectivity index (χ1) is 11.1. The molecule has 0 amide bonds. The van der Waals surface area contributed by atoms with Crippen LogP contribution in [0.2, 0.25) is 14.8 Å². The van der Waals surface area contributed by atoms with Crippen molar-refractivity contribution < 1.29 is 12.8 Å². The van der Waals surface area contributed by atoms with E-state index in [2.05, 4.69) is 19.9 Å². The summed E-state index contributed by atoms with van der Waals surface area (Å²) in [7, 11) is -3.99. The Hall–Kier alpha value is -1.61. The van der Waals surface area contributed by atoms with Crippen LogP contribution in [0.5, 0.6) is 0 Å². The molecule has 3 rings (SSSR count). The Balaban J connectivity index is 2.36. The summed E-state index contributed by atoms with van der Waals surface area (Å²) in [6.07, 6.45) is 0. The number of hydrogen-bond donors (Lipinski definition) is 1. The molecule has 0 bridgehead atoms. The fourth-order valence-electron chi connectivity index (χ4n) is 2.52. The van der Waals surface area contributed by atoms with Crippen molar-refractivity contribution in [3.63, 3.8) is 0 Å². The third-order valence-corrected chi connectivity index (χ3v) is 11.2. The molecule has 5 nitrogen and oxygen atoms in total. The van der Waals surface area contributed by atoms with E-state index in [0.717, 1.165) is 7.67 Å². The Morgan fingerprint density at radius 1 is 1.12 bits per heavy atom. The van der Waals surface area contributed by atoms with Gasteiger partial charge in [-0.25, -0.2) is 0 Å². The van der Waals surface area contributed by atoms with E-state index >= 15 is 0 Å². The first kappa shape index (κ1) is 17.2. The summed E-state index contributed by atoms with van der Waals surface area (Å²) in [6.45, 7) is 0. The zero-order valence-electron chi connectivity index (χ0n) is 13.6. The van der Waals surface area contributed by atoms with Crippen molar-refractivity contribution in [3.05, 3.63) is 48.4 Å². The minimum atomic E-state index is -3.99. The van der Waals surface area contributed by atoms with Gasteiger partial charge in [-0.1, -0.05) is 0 Å². The number of anilines is 1. The van der Waals surface area contributed by atoms with Crippen molar-refractivity contribution in [2.45, 2.75) is 19.7 Å². The number of nitrogen functional groups attached to an aromatic ring is 1. The van der Waals surface area contributed by atoms with Gasteiger partial charge in [-0.3, -0.25) is 0 Å². The molecule has 0 aliphatic heterocycles. The zero-order valence-corrected chi connectivity index (χ0v) is 17.3. The maximum absolute atomic E-state index is 14.3. The van der Waals surface area contributed by atoms with Gasteiger partial charge in [0, 0.05) is 0 Å². The van der Waals surface area contributed by atoms with Crippen molar-refractivity contribution in [1.29, 1.82) is 0 Å². The third kappa shape index (κ3) is 2.79. The summed E-state index contributed by atoms with van der Waals surface area (Å²) in [5.41, 5.74) is 6.41. The van der Waals surface area contributed by atoms with Gasteiger partial charge in [0.25, 0.3) is 0 Å². The molecule has 2 aromatic carbocycles. The van der Waals surface area contributed by atoms with Gasteiger partial charge in [0.05, 0.1) is 0 Å². The van der Waals surface area contributed by atoms with Crippen LogP contribution in [-0.2, 0) is 10.0 Å². The summed E-state index contributed by atoms with van der Waals surface area (Å²) >= 11 is -2.54. The SMILES string of the molecule is [CH3][Sn]([CH3])([CH3])[c]1cc(N)c2c(F)nn(S(=O)(=O)c3ccccc3)c2c1. The topological polar surface area (TPSA) is 78.0 Å². The summed E-state index contributed by atoms with van der Waals surface area (Å²) < 4.78 is 41.7. The van der Waals surface area contributed by atoms with Crippen LogP contribution < -0.4 is 9.31 Å². The van der Waals surface area contributed by atoms with E-state index in [1.54, 1.807) is 30.3 Å². The van der Waals surface area contributed by atoms with Crippen LogP contribution in [0.3, 0.4) is 0 Å². The molecule has 2 N–H and O–H groups in total. The van der Waals surface area contributed by atoms with Gasteiger partial charge in [0.1, 0.15) is 0 Å². The molecule has 1 heterocycles. The number of benzene rings is 2. The van der Waals surface area contributed by atoms with Crippen LogP contribution in [0.1, 0.15) is 0 Å². The fraction of sp³-hybridized carbons (Fsp3) is 0.188. The van der Waals surface area contributed by atoms with Gasteiger partial charge in [-0.2, -0.15) is 0 Å². The standard InChI is InChI=1S/C13H9FN3O2S.3CH3.Sn/c14-13-12-10(15)7-4-8-11(12)17(16-13)20(18,19)9-5-2-1-3-6-9;;;;/h1-3,5-8H,15H2;3*1H3;. The van der Waals surface area contributed by atoms with E-state index < -0.39 is 34.3 Å². The van der Waals surface area contributed by atoms with Gasteiger partial charge in [-0.05, 0) is 0 Å². The maximum atomic E-state index is 14.3. The van der Waals surface area contributed by atoms with Crippen LogP contribution >= 0.6 is 0 Å². The van der Waals surface area contributed by atoms with E-state index in [1.165, 1.54) is 12.1 Å². The number of hydrogen-bond acceptors (Lipinski definition) is 4. The van der Waals surface area contributed by atoms with E-state index in [4.69, 9.17) is 5.73 Å². The minimum absolute atomic E-state index is 0.0498. The molecule has 0 spiro atoms. The molecule has 8 heteroatoms. The number of nitrogens with zero attached hydrogens (tertiary/aromatic N) is 2. The first-order valence-electron chi connectivity index (χ1n) is 7.41. The molecule has 0 aliphatic rings. The average molecular weight is 454 g/mol. The Morgan fingerprint density at radius 3 is 2.33 bits per heavy atom. The molecule has 0 saturated carbocycles. The molecular formula is C16H18FN3O2SSn. The monoisotopic (exact) mass is 455 g/mol. The van der Waals surface area contributed by atoms with E-state index in [-0.39, 0.29) is 21.5 Å². The second kappa shape index (κ2) is 5.73. The Bertz CT molecular complexity index is 1020. The van der Waals surface area contributed by atoms with E-state index in [0.29, 0.717) is 0 Å². The van der Waals surface area contributed by atoms with Crippen LogP contribution in [-0.4, -0.2) is 36.0 Å². The Kier molecular flexibility index (Phi) is 4.11. The van der Waals surface area contributed by atoms with Crippen LogP contribution in [0.25, 0.3) is 10.9 Å². The van der Waals surface area contributed by atoms with Crippen molar-refractivity contribution in [1.82, 2.24) is 9.19 Å². The molecule has 0 atom stereocenters. The summed E-state index contributed by atoms with van der Waals surface area (Å²) in [4.78, 5) is 6.59. The molecule has 0 unspecified atom stereocenters. The summed E-state index contributed by atoms with van der Waals surface area (Å²) in [5, 5.41) is 3.68. The number of nitrogens with two attached hydrogens (primary N) is 1. The second-order valence-corrected chi connectivity index (χ2v) is 22.9. The summed E-state index contributed by atoms with van der Waals surface area (Å²) in [6, 6.07) is 11.3. The van der Waals surface area contributed by atoms with Crippen LogP contribution in [0, 0.1) is 5.95 Å². The molecule has 3 aromatic rings. The predicted molar refractivity (Wildman–Crippen MR) is 96.1 cm³/mol. The normalized spacial score (nSPS) is 12.7. The van der Waals surface area contributed by atoms with E-state index in [1.807, 2.05) is 0 Å². The molecule has 0 radical (unpaired) electrons. The van der Waals surface area contributed by atoms with Gasteiger partial charge in [0.2, 0.25) is 0 Å². The van der Waals surface area contributed by atoms with Crippen molar-refractivity contribution in [2.24, 2.45) is 0 Å². The fourth-order valence-corrected chi connectivity index (χ4v) is 7.11. The number of fused-ring (bicyclic) bond motifs is 1. The van der Waals surface area contributed by atoms with Gasteiger partial charge in [0.15, 0.2) is 0 Å². The third-order valence-electron chi connectivity index (χ3n) is 3.87.